The molecular formula is C76H50N2S. The maximum absolute atomic E-state index is 2.57. The van der Waals surface area contributed by atoms with Gasteiger partial charge in [-0.05, 0) is 168 Å². The second-order valence-electron chi connectivity index (χ2n) is 22.3. The summed E-state index contributed by atoms with van der Waals surface area (Å²) in [6.07, 6.45) is 0. The zero-order valence-electron chi connectivity index (χ0n) is 43.7. The molecule has 1 atom stereocenters. The number of anilines is 3. The molecule has 3 aliphatic carbocycles. The van der Waals surface area contributed by atoms with E-state index in [0.717, 1.165) is 22.7 Å². The van der Waals surface area contributed by atoms with Gasteiger partial charge >= 0.3 is 0 Å². The Morgan fingerprint density at radius 1 is 0.329 bits per heavy atom. The third-order valence-electron chi connectivity index (χ3n) is 18.0. The van der Waals surface area contributed by atoms with Crippen LogP contribution >= 0.6 is 11.3 Å². The molecule has 0 saturated heterocycles. The van der Waals surface area contributed by atoms with E-state index in [4.69, 9.17) is 0 Å². The van der Waals surface area contributed by atoms with Gasteiger partial charge in [-0.2, -0.15) is 0 Å². The highest BCUT2D eigenvalue weighted by atomic mass is 32.1. The Kier molecular flexibility index (Phi) is 9.30. The highest BCUT2D eigenvalue weighted by Crippen LogP contribution is 2.66. The van der Waals surface area contributed by atoms with Gasteiger partial charge in [0.25, 0.3) is 0 Å². The summed E-state index contributed by atoms with van der Waals surface area (Å²) in [6.45, 7) is 4.77. The third-order valence-corrected chi connectivity index (χ3v) is 19.1. The van der Waals surface area contributed by atoms with E-state index in [9.17, 15) is 0 Å². The number of rotatable bonds is 6. The van der Waals surface area contributed by atoms with E-state index >= 15 is 0 Å². The maximum atomic E-state index is 2.57. The summed E-state index contributed by atoms with van der Waals surface area (Å²) in [4.78, 5) is 2.51. The minimum atomic E-state index is -0.649. The van der Waals surface area contributed by atoms with E-state index in [1.165, 1.54) is 131 Å². The summed E-state index contributed by atoms with van der Waals surface area (Å²) >= 11 is 1.90. The topological polar surface area (TPSA) is 8.17 Å². The van der Waals surface area contributed by atoms with Gasteiger partial charge in [0.2, 0.25) is 0 Å². The quantitative estimate of drug-likeness (QED) is 0.161. The molecule has 0 bridgehead atoms. The Morgan fingerprint density at radius 2 is 0.873 bits per heavy atom. The van der Waals surface area contributed by atoms with Gasteiger partial charge < -0.3 is 9.47 Å². The van der Waals surface area contributed by atoms with Crippen molar-refractivity contribution in [1.82, 2.24) is 4.57 Å². The average molecular weight is 1020 g/mol. The number of hydrogen-bond donors (Lipinski definition) is 0. The van der Waals surface area contributed by atoms with Crippen molar-refractivity contribution in [2.75, 3.05) is 4.90 Å². The van der Waals surface area contributed by atoms with Crippen molar-refractivity contribution in [2.45, 2.75) is 24.7 Å². The van der Waals surface area contributed by atoms with Gasteiger partial charge in [-0.3, -0.25) is 0 Å². The summed E-state index contributed by atoms with van der Waals surface area (Å²) in [5, 5.41) is 5.15. The molecule has 2 nitrogen and oxygen atoms in total. The summed E-state index contributed by atoms with van der Waals surface area (Å²) < 4.78 is 5.13. The number of nitrogens with zero attached hydrogens (tertiary/aromatic N) is 2. The molecular weight excluding hydrogens is 973 g/mol. The second-order valence-corrected chi connectivity index (χ2v) is 23.4. The lowest BCUT2D eigenvalue weighted by atomic mass is 9.70. The van der Waals surface area contributed by atoms with Crippen LogP contribution in [0.4, 0.5) is 17.1 Å². The van der Waals surface area contributed by atoms with Crippen molar-refractivity contribution in [3.8, 4) is 61.3 Å². The van der Waals surface area contributed by atoms with Crippen LogP contribution in [0.15, 0.2) is 267 Å². The SMILES string of the molecule is CC1(C)c2ccccc2-c2ccc(N(c3ccc(-c4ccccc4)cc3)c3ccc4c(c3)C3(c5ccccc5-c5ccc(-n6c7ccccc7c7cc(-c8ccccc8)ccc76)cc53)c3ccc5sc6ccccc6c5c3-4)cc21. The van der Waals surface area contributed by atoms with Crippen molar-refractivity contribution in [3.05, 3.63) is 300 Å². The predicted octanol–water partition coefficient (Wildman–Crippen LogP) is 20.6. The van der Waals surface area contributed by atoms with E-state index in [2.05, 4.69) is 290 Å². The highest BCUT2D eigenvalue weighted by molar-refractivity contribution is 7.26. The Bertz CT molecular complexity index is 4870. The Morgan fingerprint density at radius 3 is 1.66 bits per heavy atom. The van der Waals surface area contributed by atoms with Gasteiger partial charge in [-0.1, -0.05) is 202 Å². The van der Waals surface area contributed by atoms with Crippen LogP contribution in [0.2, 0.25) is 0 Å². The minimum Gasteiger partial charge on any atom is -0.310 e. The summed E-state index contributed by atoms with van der Waals surface area (Å²) in [5.41, 5.74) is 26.8. The summed E-state index contributed by atoms with van der Waals surface area (Å²) in [5.74, 6) is 0. The van der Waals surface area contributed by atoms with Crippen molar-refractivity contribution in [2.24, 2.45) is 0 Å². The van der Waals surface area contributed by atoms with Crippen LogP contribution in [-0.2, 0) is 10.8 Å². The fourth-order valence-corrected chi connectivity index (χ4v) is 15.6. The standard InChI is InChI=1S/C76H50N2S/c1-75(2)63-25-13-9-21-55(63)57-37-34-52(44-66(57)75)77(51-32-29-49(30-33-51)47-17-5-3-6-18-47)53-36-39-60-68(45-53)76(65-40-42-72-74(73(60)65)61-24-12-16-28-71(61)79-72)64-26-14-10-22-56(64)58-38-35-54(46-67(58)76)78-69-27-15-11-23-59(69)62-43-50(31-41-70(62)78)48-19-7-4-8-20-48/h3-46H,1-2H3. The third kappa shape index (κ3) is 6.17. The van der Waals surface area contributed by atoms with Gasteiger partial charge in [0.05, 0.1) is 16.4 Å². The lowest BCUT2D eigenvalue weighted by Gasteiger charge is -2.33. The van der Waals surface area contributed by atoms with E-state index in [0.29, 0.717) is 0 Å². The number of aromatic nitrogens is 1. The average Bonchev–Trinajstić information content (AvgIpc) is 3.90. The molecule has 0 amide bonds. The molecule has 1 unspecified atom stereocenters. The molecule has 12 aromatic carbocycles. The number of fused-ring (bicyclic) bond motifs is 20. The lowest BCUT2D eigenvalue weighted by molar-refractivity contribution is 0.660. The first-order chi connectivity index (χ1) is 38.9. The molecule has 0 fully saturated rings. The monoisotopic (exact) mass is 1020 g/mol. The second kappa shape index (κ2) is 16.5. The Hall–Kier alpha value is -9.54. The van der Waals surface area contributed by atoms with Gasteiger partial charge in [-0.15, -0.1) is 11.3 Å². The molecule has 14 aromatic rings. The van der Waals surface area contributed by atoms with Crippen molar-refractivity contribution in [3.63, 3.8) is 0 Å². The predicted molar refractivity (Wildman–Crippen MR) is 333 cm³/mol. The van der Waals surface area contributed by atoms with Gasteiger partial charge in [0.1, 0.15) is 0 Å². The molecule has 0 saturated carbocycles. The summed E-state index contributed by atoms with van der Waals surface area (Å²) in [6, 6.07) is 101. The van der Waals surface area contributed by atoms with E-state index in [1.807, 2.05) is 11.3 Å². The van der Waals surface area contributed by atoms with Crippen molar-refractivity contribution < 1.29 is 0 Å². The molecule has 2 heterocycles. The van der Waals surface area contributed by atoms with Gasteiger partial charge in [-0.25, -0.2) is 0 Å². The van der Waals surface area contributed by atoms with Crippen molar-refractivity contribution >= 4 is 70.4 Å². The number of para-hydroxylation sites is 1. The molecule has 17 rings (SSSR count). The normalized spacial score (nSPS) is 15.1. The fourth-order valence-electron chi connectivity index (χ4n) is 14.5. The largest absolute Gasteiger partial charge is 0.310 e. The Labute approximate surface area is 463 Å². The molecule has 370 valence electrons. The Balaban J connectivity index is 0.937. The number of benzene rings is 12. The zero-order valence-corrected chi connectivity index (χ0v) is 44.5. The summed E-state index contributed by atoms with van der Waals surface area (Å²) in [7, 11) is 0. The van der Waals surface area contributed by atoms with Crippen LogP contribution in [-0.4, -0.2) is 4.57 Å². The lowest BCUT2D eigenvalue weighted by Crippen LogP contribution is -2.26. The molecule has 0 N–H and O–H groups in total. The first-order valence-electron chi connectivity index (χ1n) is 27.6. The van der Waals surface area contributed by atoms with Crippen LogP contribution in [0.3, 0.4) is 0 Å². The van der Waals surface area contributed by atoms with E-state index in [1.54, 1.807) is 0 Å². The van der Waals surface area contributed by atoms with Gasteiger partial charge in [0.15, 0.2) is 0 Å². The molecule has 3 aliphatic rings. The molecule has 1 spiro atoms. The fraction of sp³-hybridized carbons (Fsp3) is 0.0526. The smallest absolute Gasteiger partial charge is 0.0727 e. The van der Waals surface area contributed by atoms with E-state index in [-0.39, 0.29) is 5.41 Å². The molecule has 79 heavy (non-hydrogen) atoms. The first-order valence-corrected chi connectivity index (χ1v) is 28.4. The highest BCUT2D eigenvalue weighted by Gasteiger charge is 2.53. The number of hydrogen-bond acceptors (Lipinski definition) is 2. The zero-order chi connectivity index (χ0) is 52.1. The van der Waals surface area contributed by atoms with Crippen LogP contribution in [0.25, 0.3) is 103 Å². The van der Waals surface area contributed by atoms with Gasteiger partial charge in [0, 0.05) is 59.1 Å². The van der Waals surface area contributed by atoms with Crippen molar-refractivity contribution in [1.29, 1.82) is 0 Å². The minimum absolute atomic E-state index is 0.168. The van der Waals surface area contributed by atoms with Crippen LogP contribution in [0, 0.1) is 0 Å². The first kappa shape index (κ1) is 44.6. The van der Waals surface area contributed by atoms with Crippen LogP contribution in [0.5, 0.6) is 0 Å². The van der Waals surface area contributed by atoms with Crippen LogP contribution in [0.1, 0.15) is 47.2 Å². The van der Waals surface area contributed by atoms with Crippen LogP contribution < -0.4 is 4.90 Å². The van der Waals surface area contributed by atoms with E-state index < -0.39 is 5.41 Å². The molecule has 0 aliphatic heterocycles. The number of thiophene rings is 1. The molecule has 2 aromatic heterocycles. The maximum Gasteiger partial charge on any atom is 0.0727 e. The molecule has 3 heteroatoms. The molecule has 0 radical (unpaired) electrons.